The summed E-state index contributed by atoms with van der Waals surface area (Å²) >= 11 is 5.07. The van der Waals surface area contributed by atoms with Gasteiger partial charge in [0.25, 0.3) is 5.78 Å². The summed E-state index contributed by atoms with van der Waals surface area (Å²) in [6.45, 7) is 1.78. The molecule has 0 atom stereocenters. The SMILES string of the molecule is Cc1cc(=S)n2[nH]c(C(=O)N(C)O)nc2n1. The van der Waals surface area contributed by atoms with E-state index in [2.05, 4.69) is 15.1 Å². The number of aromatic nitrogens is 4. The molecule has 0 saturated carbocycles. The third-order valence-electron chi connectivity index (χ3n) is 1.96. The molecule has 16 heavy (non-hydrogen) atoms. The van der Waals surface area contributed by atoms with Crippen LogP contribution in [0.5, 0.6) is 0 Å². The van der Waals surface area contributed by atoms with E-state index in [1.54, 1.807) is 13.0 Å². The van der Waals surface area contributed by atoms with E-state index in [0.29, 0.717) is 21.2 Å². The molecule has 0 aromatic carbocycles. The number of nitrogens with one attached hydrogen (secondary N) is 1. The first-order valence-electron chi connectivity index (χ1n) is 4.42. The fraction of sp³-hybridized carbons (Fsp3) is 0.250. The molecule has 2 N–H and O–H groups in total. The van der Waals surface area contributed by atoms with Crippen LogP contribution in [0, 0.1) is 11.6 Å². The largest absolute Gasteiger partial charge is 0.314 e. The first-order valence-corrected chi connectivity index (χ1v) is 4.83. The van der Waals surface area contributed by atoms with Crippen LogP contribution < -0.4 is 0 Å². The van der Waals surface area contributed by atoms with Gasteiger partial charge in [-0.2, -0.15) is 4.98 Å². The molecule has 2 aromatic heterocycles. The fourth-order valence-corrected chi connectivity index (χ4v) is 1.54. The van der Waals surface area contributed by atoms with Gasteiger partial charge in [0.05, 0.1) is 0 Å². The minimum atomic E-state index is -0.655. The van der Waals surface area contributed by atoms with Crippen molar-refractivity contribution in [3.05, 3.63) is 22.2 Å². The number of aromatic amines is 1. The highest BCUT2D eigenvalue weighted by atomic mass is 32.1. The Kier molecular flexibility index (Phi) is 2.44. The van der Waals surface area contributed by atoms with Gasteiger partial charge in [-0.05, 0) is 13.0 Å². The lowest BCUT2D eigenvalue weighted by Gasteiger charge is -2.03. The second kappa shape index (κ2) is 3.65. The summed E-state index contributed by atoms with van der Waals surface area (Å²) in [5.41, 5.74) is 0.716. The summed E-state index contributed by atoms with van der Waals surface area (Å²) in [4.78, 5) is 19.5. The highest BCUT2D eigenvalue weighted by Crippen LogP contribution is 2.03. The zero-order chi connectivity index (χ0) is 11.9. The number of rotatable bonds is 1. The van der Waals surface area contributed by atoms with E-state index < -0.39 is 5.91 Å². The highest BCUT2D eigenvalue weighted by Gasteiger charge is 2.15. The summed E-state index contributed by atoms with van der Waals surface area (Å²) in [5, 5.41) is 12.1. The normalized spacial score (nSPS) is 10.7. The molecule has 0 aliphatic heterocycles. The monoisotopic (exact) mass is 239 g/mol. The molecular weight excluding hydrogens is 230 g/mol. The minimum absolute atomic E-state index is 0.0193. The number of fused-ring (bicyclic) bond motifs is 1. The number of hydrogen-bond donors (Lipinski definition) is 2. The molecule has 0 fully saturated rings. The summed E-state index contributed by atoms with van der Waals surface area (Å²) in [5.74, 6) is -0.373. The smallest absolute Gasteiger partial charge is 0.286 e. The zero-order valence-corrected chi connectivity index (χ0v) is 9.45. The van der Waals surface area contributed by atoms with Crippen LogP contribution in [-0.2, 0) is 0 Å². The van der Waals surface area contributed by atoms with E-state index >= 15 is 0 Å². The van der Waals surface area contributed by atoms with E-state index in [1.165, 1.54) is 11.6 Å². The molecule has 2 aromatic rings. The van der Waals surface area contributed by atoms with Gasteiger partial charge in [0.1, 0.15) is 4.64 Å². The van der Waals surface area contributed by atoms with Gasteiger partial charge in [-0.1, -0.05) is 12.2 Å². The zero-order valence-electron chi connectivity index (χ0n) is 8.63. The number of aryl methyl sites for hydroxylation is 1. The van der Waals surface area contributed by atoms with Crippen LogP contribution in [-0.4, -0.2) is 42.8 Å². The quantitative estimate of drug-likeness (QED) is 0.431. The molecule has 1 amide bonds. The van der Waals surface area contributed by atoms with Crippen molar-refractivity contribution in [2.75, 3.05) is 7.05 Å². The summed E-state index contributed by atoms with van der Waals surface area (Å²) in [6, 6.07) is 1.68. The van der Waals surface area contributed by atoms with Crippen LogP contribution in [0.4, 0.5) is 0 Å². The lowest BCUT2D eigenvalue weighted by molar-refractivity contribution is -0.0384. The van der Waals surface area contributed by atoms with Gasteiger partial charge in [0, 0.05) is 12.7 Å². The summed E-state index contributed by atoms with van der Waals surface area (Å²) in [7, 11) is 1.22. The van der Waals surface area contributed by atoms with E-state index in [4.69, 9.17) is 17.4 Å². The number of hydrogen-bond acceptors (Lipinski definition) is 5. The van der Waals surface area contributed by atoms with Gasteiger partial charge in [-0.3, -0.25) is 15.1 Å². The molecule has 2 heterocycles. The van der Waals surface area contributed by atoms with Gasteiger partial charge in [0.15, 0.2) is 0 Å². The first kappa shape index (κ1) is 10.7. The van der Waals surface area contributed by atoms with Crippen molar-refractivity contribution < 1.29 is 10.0 Å². The topological polar surface area (TPSA) is 86.5 Å². The van der Waals surface area contributed by atoms with Crippen molar-refractivity contribution >= 4 is 23.9 Å². The fourth-order valence-electron chi connectivity index (χ4n) is 1.24. The number of nitrogens with zero attached hydrogens (tertiary/aromatic N) is 4. The maximum atomic E-state index is 11.4. The van der Waals surface area contributed by atoms with E-state index in [0.717, 1.165) is 0 Å². The molecule has 0 bridgehead atoms. The van der Waals surface area contributed by atoms with Gasteiger partial charge in [0.2, 0.25) is 5.82 Å². The molecule has 7 nitrogen and oxygen atoms in total. The van der Waals surface area contributed by atoms with Crippen LogP contribution >= 0.6 is 12.2 Å². The summed E-state index contributed by atoms with van der Waals surface area (Å²) in [6.07, 6.45) is 0. The number of H-pyrrole nitrogens is 1. The first-order chi connectivity index (χ1) is 7.49. The Morgan fingerprint density at radius 1 is 1.62 bits per heavy atom. The number of amides is 1. The number of carbonyl (C=O) groups is 1. The number of hydroxylamine groups is 2. The number of carbonyl (C=O) groups excluding carboxylic acids is 1. The van der Waals surface area contributed by atoms with Crippen molar-refractivity contribution in [1.29, 1.82) is 0 Å². The average Bonchev–Trinajstić information content (AvgIpc) is 2.60. The lowest BCUT2D eigenvalue weighted by atomic mass is 10.5. The Labute approximate surface area is 95.3 Å². The highest BCUT2D eigenvalue weighted by molar-refractivity contribution is 7.71. The second-order valence-corrected chi connectivity index (χ2v) is 3.69. The molecule has 2 rings (SSSR count). The maximum Gasteiger partial charge on any atom is 0.314 e. The standard InChI is InChI=1S/C8H9N5O2S/c1-4-3-5(16)13-8(9-4)10-6(11-13)7(14)12(2)15/h3,15H,1-2H3,(H,9,10,11). The van der Waals surface area contributed by atoms with Crippen molar-refractivity contribution in [2.24, 2.45) is 0 Å². The van der Waals surface area contributed by atoms with E-state index in [-0.39, 0.29) is 5.82 Å². The molecule has 0 spiro atoms. The molecule has 84 valence electrons. The second-order valence-electron chi connectivity index (χ2n) is 3.27. The Morgan fingerprint density at radius 3 is 2.94 bits per heavy atom. The van der Waals surface area contributed by atoms with Crippen LogP contribution in [0.15, 0.2) is 6.07 Å². The average molecular weight is 239 g/mol. The van der Waals surface area contributed by atoms with Crippen molar-refractivity contribution in [3.8, 4) is 0 Å². The Morgan fingerprint density at radius 2 is 2.31 bits per heavy atom. The molecule has 0 saturated heterocycles. The van der Waals surface area contributed by atoms with Crippen LogP contribution in [0.1, 0.15) is 16.3 Å². The Balaban J connectivity index is 2.65. The van der Waals surface area contributed by atoms with Crippen LogP contribution in [0.3, 0.4) is 0 Å². The van der Waals surface area contributed by atoms with Gasteiger partial charge >= 0.3 is 5.91 Å². The minimum Gasteiger partial charge on any atom is -0.286 e. The summed E-state index contributed by atoms with van der Waals surface area (Å²) < 4.78 is 1.87. The Bertz CT molecular complexity index is 614. The van der Waals surface area contributed by atoms with Gasteiger partial charge in [-0.25, -0.2) is 14.6 Å². The van der Waals surface area contributed by atoms with Crippen LogP contribution in [0.25, 0.3) is 5.78 Å². The molecule has 0 aliphatic rings. The molecule has 8 heteroatoms. The van der Waals surface area contributed by atoms with Gasteiger partial charge < -0.3 is 0 Å². The predicted molar refractivity (Wildman–Crippen MR) is 56.8 cm³/mol. The van der Waals surface area contributed by atoms with E-state index in [9.17, 15) is 4.79 Å². The van der Waals surface area contributed by atoms with Crippen molar-refractivity contribution in [3.63, 3.8) is 0 Å². The van der Waals surface area contributed by atoms with Crippen LogP contribution in [0.2, 0.25) is 0 Å². The third kappa shape index (κ3) is 1.68. The molecular formula is C8H9N5O2S. The Hall–Kier alpha value is -1.80. The van der Waals surface area contributed by atoms with Gasteiger partial charge in [-0.15, -0.1) is 0 Å². The molecule has 0 unspecified atom stereocenters. The lowest BCUT2D eigenvalue weighted by Crippen LogP contribution is -2.23. The predicted octanol–water partition coefficient (Wildman–Crippen LogP) is 0.557. The maximum absolute atomic E-state index is 11.4. The molecule has 0 radical (unpaired) electrons. The third-order valence-corrected chi connectivity index (χ3v) is 2.26. The van der Waals surface area contributed by atoms with Crippen molar-refractivity contribution in [2.45, 2.75) is 6.92 Å². The van der Waals surface area contributed by atoms with Crippen molar-refractivity contribution in [1.82, 2.24) is 24.6 Å². The molecule has 0 aliphatic carbocycles. The van der Waals surface area contributed by atoms with E-state index in [1.807, 2.05) is 0 Å².